The average Bonchev–Trinajstić information content (AvgIpc) is 2.36. The second kappa shape index (κ2) is 7.71. The van der Waals surface area contributed by atoms with Gasteiger partial charge in [-0.1, -0.05) is 6.92 Å². The Hall–Kier alpha value is -1.51. The predicted molar refractivity (Wildman–Crippen MR) is 70.6 cm³/mol. The van der Waals surface area contributed by atoms with Gasteiger partial charge in [-0.15, -0.1) is 0 Å². The quantitative estimate of drug-likeness (QED) is 0.703. The van der Waals surface area contributed by atoms with E-state index in [1.54, 1.807) is 7.11 Å². The van der Waals surface area contributed by atoms with Gasteiger partial charge in [-0.25, -0.2) is 0 Å². The van der Waals surface area contributed by atoms with Crippen molar-refractivity contribution in [3.05, 3.63) is 24.3 Å². The van der Waals surface area contributed by atoms with Gasteiger partial charge in [0.05, 0.1) is 7.11 Å². The number of rotatable bonds is 8. The highest BCUT2D eigenvalue weighted by Crippen LogP contribution is 2.14. The molecule has 0 amide bonds. The van der Waals surface area contributed by atoms with Crippen LogP contribution in [0.25, 0.3) is 0 Å². The first-order valence-corrected chi connectivity index (χ1v) is 6.16. The maximum Gasteiger partial charge on any atom is 0.132 e. The molecule has 3 nitrogen and oxygen atoms in total. The van der Waals surface area contributed by atoms with Crippen molar-refractivity contribution in [2.45, 2.75) is 32.6 Å². The van der Waals surface area contributed by atoms with Crippen LogP contribution in [0, 0.1) is 0 Å². The second-order valence-corrected chi connectivity index (χ2v) is 4.05. The molecule has 0 spiro atoms. The lowest BCUT2D eigenvalue weighted by Gasteiger charge is -2.06. The van der Waals surface area contributed by atoms with Crippen LogP contribution in [0.2, 0.25) is 0 Å². The number of benzene rings is 1. The molecule has 1 rings (SSSR count). The summed E-state index contributed by atoms with van der Waals surface area (Å²) in [5.74, 6) is 1.22. The molecule has 0 saturated heterocycles. The summed E-state index contributed by atoms with van der Waals surface area (Å²) in [6.07, 6.45) is 3.23. The summed E-state index contributed by atoms with van der Waals surface area (Å²) in [5.41, 5.74) is 1.06. The highest BCUT2D eigenvalue weighted by atomic mass is 16.5. The third kappa shape index (κ3) is 5.38. The summed E-state index contributed by atoms with van der Waals surface area (Å²) in [6.45, 7) is 2.87. The van der Waals surface area contributed by atoms with Gasteiger partial charge < -0.3 is 10.1 Å². The molecule has 0 aromatic heterocycles. The van der Waals surface area contributed by atoms with Crippen LogP contribution in [-0.4, -0.2) is 19.4 Å². The summed E-state index contributed by atoms with van der Waals surface area (Å²) < 4.78 is 5.08. The summed E-state index contributed by atoms with van der Waals surface area (Å²) in [4.78, 5) is 11.3. The summed E-state index contributed by atoms with van der Waals surface area (Å²) in [6, 6.07) is 7.80. The lowest BCUT2D eigenvalue weighted by Crippen LogP contribution is -2.05. The Labute approximate surface area is 103 Å². The van der Waals surface area contributed by atoms with E-state index in [2.05, 4.69) is 5.32 Å². The van der Waals surface area contributed by atoms with Gasteiger partial charge in [0.1, 0.15) is 11.5 Å². The van der Waals surface area contributed by atoms with E-state index in [-0.39, 0.29) is 0 Å². The largest absolute Gasteiger partial charge is 0.497 e. The summed E-state index contributed by atoms with van der Waals surface area (Å²) in [5, 5.41) is 3.29. The van der Waals surface area contributed by atoms with Gasteiger partial charge in [0.2, 0.25) is 0 Å². The highest BCUT2D eigenvalue weighted by Gasteiger charge is 1.99. The number of nitrogens with one attached hydrogen (secondary N) is 1. The van der Waals surface area contributed by atoms with Crippen LogP contribution in [0.5, 0.6) is 5.75 Å². The van der Waals surface area contributed by atoms with Crippen LogP contribution in [0.3, 0.4) is 0 Å². The minimum absolute atomic E-state index is 0.365. The molecule has 1 N–H and O–H groups in total. The van der Waals surface area contributed by atoms with Crippen LogP contribution < -0.4 is 10.1 Å². The fraction of sp³-hybridized carbons (Fsp3) is 0.500. The Morgan fingerprint density at radius 3 is 2.53 bits per heavy atom. The molecule has 1 aromatic carbocycles. The molecule has 1 aromatic rings. The predicted octanol–water partition coefficient (Wildman–Crippen LogP) is 3.26. The number of carbonyl (C=O) groups is 1. The zero-order valence-corrected chi connectivity index (χ0v) is 10.7. The van der Waals surface area contributed by atoms with Crippen molar-refractivity contribution in [1.82, 2.24) is 0 Å². The Balaban J connectivity index is 2.19. The molecule has 17 heavy (non-hydrogen) atoms. The number of methoxy groups -OCH3 is 1. The number of hydrogen-bond donors (Lipinski definition) is 1. The van der Waals surface area contributed by atoms with Crippen molar-refractivity contribution in [2.24, 2.45) is 0 Å². The van der Waals surface area contributed by atoms with E-state index < -0.39 is 0 Å². The molecule has 3 heteroatoms. The monoisotopic (exact) mass is 235 g/mol. The van der Waals surface area contributed by atoms with Crippen molar-refractivity contribution in [1.29, 1.82) is 0 Å². The molecule has 0 radical (unpaired) electrons. The van der Waals surface area contributed by atoms with Crippen LogP contribution in [0.1, 0.15) is 32.6 Å². The minimum atomic E-state index is 0.365. The van der Waals surface area contributed by atoms with Gasteiger partial charge >= 0.3 is 0 Å². The van der Waals surface area contributed by atoms with Crippen LogP contribution in [0.4, 0.5) is 5.69 Å². The molecule has 0 aliphatic heterocycles. The molecule has 0 heterocycles. The van der Waals surface area contributed by atoms with E-state index in [1.165, 1.54) is 0 Å². The van der Waals surface area contributed by atoms with E-state index >= 15 is 0 Å². The smallest absolute Gasteiger partial charge is 0.132 e. The van der Waals surface area contributed by atoms with Crippen LogP contribution >= 0.6 is 0 Å². The first-order chi connectivity index (χ1) is 8.26. The number of Topliss-reactive ketones (excluding diaryl/α,β-unsaturated/α-hetero) is 1. The summed E-state index contributed by atoms with van der Waals surface area (Å²) in [7, 11) is 1.65. The van der Waals surface area contributed by atoms with Crippen LogP contribution in [-0.2, 0) is 4.79 Å². The zero-order chi connectivity index (χ0) is 12.5. The maximum atomic E-state index is 11.3. The normalized spacial score (nSPS) is 10.0. The fourth-order valence-corrected chi connectivity index (χ4v) is 1.63. The molecule has 0 unspecified atom stereocenters. The number of carbonyl (C=O) groups excluding carboxylic acids is 1. The molecule has 0 aliphatic carbocycles. The Kier molecular flexibility index (Phi) is 6.15. The molecule has 0 atom stereocenters. The van der Waals surface area contributed by atoms with Crippen molar-refractivity contribution in [2.75, 3.05) is 19.0 Å². The van der Waals surface area contributed by atoms with Crippen molar-refractivity contribution in [3.63, 3.8) is 0 Å². The Morgan fingerprint density at radius 1 is 1.24 bits per heavy atom. The van der Waals surface area contributed by atoms with Crippen molar-refractivity contribution >= 4 is 11.5 Å². The summed E-state index contributed by atoms with van der Waals surface area (Å²) >= 11 is 0. The van der Waals surface area contributed by atoms with Gasteiger partial charge in [-0.2, -0.15) is 0 Å². The van der Waals surface area contributed by atoms with Gasteiger partial charge in [-0.05, 0) is 37.1 Å². The van der Waals surface area contributed by atoms with Gasteiger partial charge in [0, 0.05) is 25.1 Å². The zero-order valence-electron chi connectivity index (χ0n) is 10.7. The first kappa shape index (κ1) is 13.6. The highest BCUT2D eigenvalue weighted by molar-refractivity contribution is 5.78. The van der Waals surface area contributed by atoms with E-state index in [1.807, 2.05) is 31.2 Å². The Morgan fingerprint density at radius 2 is 1.94 bits per heavy atom. The van der Waals surface area contributed by atoms with E-state index in [0.29, 0.717) is 18.6 Å². The van der Waals surface area contributed by atoms with Crippen molar-refractivity contribution < 1.29 is 9.53 Å². The molecule has 94 valence electrons. The van der Waals surface area contributed by atoms with Crippen molar-refractivity contribution in [3.8, 4) is 5.75 Å². The third-order valence-corrected chi connectivity index (χ3v) is 2.58. The number of ketones is 1. The van der Waals surface area contributed by atoms with E-state index in [0.717, 1.165) is 30.8 Å². The molecule has 0 fully saturated rings. The number of anilines is 1. The van der Waals surface area contributed by atoms with Gasteiger partial charge in [-0.3, -0.25) is 4.79 Å². The van der Waals surface area contributed by atoms with E-state index in [4.69, 9.17) is 4.74 Å². The minimum Gasteiger partial charge on any atom is -0.497 e. The molecule has 0 saturated carbocycles. The maximum absolute atomic E-state index is 11.3. The fourth-order valence-electron chi connectivity index (χ4n) is 1.63. The lowest BCUT2D eigenvalue weighted by molar-refractivity contribution is -0.119. The molecule has 0 bridgehead atoms. The van der Waals surface area contributed by atoms with E-state index in [9.17, 15) is 4.79 Å². The topological polar surface area (TPSA) is 38.3 Å². The number of hydrogen-bond acceptors (Lipinski definition) is 3. The second-order valence-electron chi connectivity index (χ2n) is 4.05. The van der Waals surface area contributed by atoms with Crippen LogP contribution in [0.15, 0.2) is 24.3 Å². The van der Waals surface area contributed by atoms with Gasteiger partial charge in [0.25, 0.3) is 0 Å². The number of ether oxygens (including phenoxy) is 1. The molecule has 0 aliphatic rings. The SMILES string of the molecule is CCCC(=O)CCCNc1ccc(OC)cc1. The standard InChI is InChI=1S/C14H21NO2/c1-3-5-13(16)6-4-11-15-12-7-9-14(17-2)10-8-12/h7-10,15H,3-6,11H2,1-2H3. The lowest BCUT2D eigenvalue weighted by atomic mass is 10.1. The third-order valence-electron chi connectivity index (χ3n) is 2.58. The molecular formula is C14H21NO2. The first-order valence-electron chi connectivity index (χ1n) is 6.16. The average molecular weight is 235 g/mol. The van der Waals surface area contributed by atoms with Gasteiger partial charge in [0.15, 0.2) is 0 Å². The Bertz CT molecular complexity index is 333. The molecular weight excluding hydrogens is 214 g/mol.